The van der Waals surface area contributed by atoms with Crippen molar-refractivity contribution in [1.29, 1.82) is 0 Å². The summed E-state index contributed by atoms with van der Waals surface area (Å²) in [6.07, 6.45) is 4.39. The Morgan fingerprint density at radius 2 is 1.92 bits per heavy atom. The molecule has 0 spiro atoms. The molecule has 0 aliphatic heterocycles. The minimum Gasteiger partial charge on any atom is -0.383 e. The van der Waals surface area contributed by atoms with E-state index in [-0.39, 0.29) is 5.75 Å². The molecule has 124 valence electrons. The van der Waals surface area contributed by atoms with Crippen molar-refractivity contribution in [2.45, 2.75) is 0 Å². The average Bonchev–Trinajstić information content (AvgIpc) is 2.53. The molecule has 0 aliphatic carbocycles. The van der Waals surface area contributed by atoms with Crippen LogP contribution in [0, 0.1) is 0 Å². The van der Waals surface area contributed by atoms with Crippen molar-refractivity contribution in [2.24, 2.45) is 0 Å². The molecule has 0 radical (unpaired) electrons. The van der Waals surface area contributed by atoms with Crippen molar-refractivity contribution in [3.8, 4) is 17.1 Å². The first-order chi connectivity index (χ1) is 11.3. The maximum Gasteiger partial charge on any atom is 0.306 e. The number of pyridine rings is 1. The third-order valence-corrected chi connectivity index (χ3v) is 3.73. The van der Waals surface area contributed by atoms with Crippen molar-refractivity contribution in [1.82, 2.24) is 15.0 Å². The molecule has 24 heavy (non-hydrogen) atoms. The Balaban J connectivity index is 2.19. The van der Waals surface area contributed by atoms with Gasteiger partial charge < -0.3 is 9.08 Å². The van der Waals surface area contributed by atoms with E-state index in [1.807, 2.05) is 31.1 Å². The monoisotopic (exact) mass is 344 g/mol. The normalized spacial score (nSPS) is 11.5. The van der Waals surface area contributed by atoms with Gasteiger partial charge in [0.1, 0.15) is 11.6 Å². The van der Waals surface area contributed by atoms with Crippen LogP contribution in [0.25, 0.3) is 22.3 Å². The Hall–Kier alpha value is -2.74. The Bertz CT molecular complexity index is 989. The first-order valence-corrected chi connectivity index (χ1v) is 8.94. The van der Waals surface area contributed by atoms with Gasteiger partial charge in [-0.05, 0) is 30.3 Å². The number of hydrogen-bond donors (Lipinski definition) is 0. The quantitative estimate of drug-likeness (QED) is 0.670. The Morgan fingerprint density at radius 3 is 2.54 bits per heavy atom. The third kappa shape index (κ3) is 3.43. The smallest absolute Gasteiger partial charge is 0.306 e. The fraction of sp³-hybridized carbons (Fsp3) is 0.188. The molecule has 2 aromatic heterocycles. The lowest BCUT2D eigenvalue weighted by Gasteiger charge is -2.16. The zero-order valence-corrected chi connectivity index (χ0v) is 14.3. The van der Waals surface area contributed by atoms with Gasteiger partial charge in [-0.2, -0.15) is 8.42 Å². The van der Waals surface area contributed by atoms with Crippen LogP contribution in [-0.4, -0.2) is 43.7 Å². The SMILES string of the molecule is CN(C)c1nc(-c2cccnc2)nc2ccc(OS(C)(=O)=O)cc12. The van der Waals surface area contributed by atoms with Gasteiger partial charge in [0.15, 0.2) is 5.82 Å². The fourth-order valence-electron chi connectivity index (χ4n) is 2.28. The number of anilines is 1. The summed E-state index contributed by atoms with van der Waals surface area (Å²) in [5.74, 6) is 1.44. The summed E-state index contributed by atoms with van der Waals surface area (Å²) in [6.45, 7) is 0. The van der Waals surface area contributed by atoms with E-state index < -0.39 is 10.1 Å². The minimum absolute atomic E-state index is 0.228. The van der Waals surface area contributed by atoms with Crippen molar-refractivity contribution >= 4 is 26.8 Å². The van der Waals surface area contributed by atoms with Crippen LogP contribution in [0.15, 0.2) is 42.7 Å². The average molecular weight is 344 g/mol. The number of rotatable bonds is 4. The van der Waals surface area contributed by atoms with E-state index >= 15 is 0 Å². The maximum absolute atomic E-state index is 11.3. The highest BCUT2D eigenvalue weighted by Gasteiger charge is 2.13. The van der Waals surface area contributed by atoms with Crippen LogP contribution in [0.5, 0.6) is 5.75 Å². The highest BCUT2D eigenvalue weighted by Crippen LogP contribution is 2.29. The van der Waals surface area contributed by atoms with Gasteiger partial charge in [-0.15, -0.1) is 0 Å². The number of aromatic nitrogens is 3. The maximum atomic E-state index is 11.3. The zero-order valence-electron chi connectivity index (χ0n) is 13.5. The largest absolute Gasteiger partial charge is 0.383 e. The van der Waals surface area contributed by atoms with Gasteiger partial charge in [0.25, 0.3) is 0 Å². The van der Waals surface area contributed by atoms with E-state index in [4.69, 9.17) is 4.18 Å². The summed E-state index contributed by atoms with van der Waals surface area (Å²) in [4.78, 5) is 15.1. The first-order valence-electron chi connectivity index (χ1n) is 7.12. The third-order valence-electron chi connectivity index (χ3n) is 3.24. The second kappa shape index (κ2) is 6.04. The van der Waals surface area contributed by atoms with Crippen LogP contribution in [0.4, 0.5) is 5.82 Å². The van der Waals surface area contributed by atoms with Gasteiger partial charge >= 0.3 is 10.1 Å². The van der Waals surface area contributed by atoms with Crippen molar-refractivity contribution < 1.29 is 12.6 Å². The molecule has 0 unspecified atom stereocenters. The second-order valence-electron chi connectivity index (χ2n) is 5.47. The van der Waals surface area contributed by atoms with Crippen LogP contribution < -0.4 is 9.08 Å². The van der Waals surface area contributed by atoms with E-state index in [0.717, 1.165) is 11.8 Å². The molecule has 2 heterocycles. The standard InChI is InChI=1S/C16H16N4O3S/c1-20(2)16-13-9-12(23-24(3,21)22)6-7-14(13)18-15(19-16)11-5-4-8-17-10-11/h4-10H,1-3H3. The predicted octanol–water partition coefficient (Wildman–Crippen LogP) is 2.10. The molecule has 0 N–H and O–H groups in total. The fourth-order valence-corrected chi connectivity index (χ4v) is 2.74. The van der Waals surface area contributed by atoms with Gasteiger partial charge in [0, 0.05) is 37.4 Å². The summed E-state index contributed by atoms with van der Waals surface area (Å²) < 4.78 is 27.6. The number of benzene rings is 1. The van der Waals surface area contributed by atoms with E-state index in [0.29, 0.717) is 22.5 Å². The molecule has 0 aliphatic rings. The van der Waals surface area contributed by atoms with Gasteiger partial charge in [0.05, 0.1) is 11.8 Å². The first kappa shape index (κ1) is 16.1. The second-order valence-corrected chi connectivity index (χ2v) is 7.05. The van der Waals surface area contributed by atoms with Gasteiger partial charge in [-0.1, -0.05) is 0 Å². The minimum atomic E-state index is -3.59. The lowest BCUT2D eigenvalue weighted by molar-refractivity contribution is 0.493. The summed E-state index contributed by atoms with van der Waals surface area (Å²) in [7, 11) is 0.127. The topological polar surface area (TPSA) is 85.3 Å². The van der Waals surface area contributed by atoms with Crippen LogP contribution in [0.1, 0.15) is 0 Å². The predicted molar refractivity (Wildman–Crippen MR) is 92.6 cm³/mol. The molecule has 3 rings (SSSR count). The summed E-state index contributed by atoms with van der Waals surface area (Å²) in [5.41, 5.74) is 1.49. The molecule has 0 amide bonds. The highest BCUT2D eigenvalue weighted by molar-refractivity contribution is 7.86. The molecule has 0 saturated heterocycles. The molecule has 0 atom stereocenters. The van der Waals surface area contributed by atoms with Gasteiger partial charge in [-0.3, -0.25) is 4.98 Å². The lowest BCUT2D eigenvalue weighted by atomic mass is 10.2. The Morgan fingerprint density at radius 1 is 1.12 bits per heavy atom. The van der Waals surface area contributed by atoms with Crippen LogP contribution in [0.2, 0.25) is 0 Å². The van der Waals surface area contributed by atoms with Gasteiger partial charge in [-0.25, -0.2) is 9.97 Å². The van der Waals surface area contributed by atoms with Crippen LogP contribution in [-0.2, 0) is 10.1 Å². The molecule has 0 bridgehead atoms. The molecular formula is C16H16N4O3S. The van der Waals surface area contributed by atoms with E-state index in [1.54, 1.807) is 30.6 Å². The summed E-state index contributed by atoms with van der Waals surface area (Å²) >= 11 is 0. The number of nitrogens with zero attached hydrogens (tertiary/aromatic N) is 4. The number of fused-ring (bicyclic) bond motifs is 1. The van der Waals surface area contributed by atoms with E-state index in [2.05, 4.69) is 15.0 Å². The number of hydrogen-bond acceptors (Lipinski definition) is 7. The molecule has 7 nitrogen and oxygen atoms in total. The Kier molecular flexibility index (Phi) is 4.06. The molecule has 0 saturated carbocycles. The molecule has 1 aromatic carbocycles. The Labute approximate surface area is 140 Å². The molecule has 3 aromatic rings. The van der Waals surface area contributed by atoms with E-state index in [1.165, 1.54) is 0 Å². The zero-order chi connectivity index (χ0) is 17.3. The van der Waals surface area contributed by atoms with Crippen molar-refractivity contribution in [3.63, 3.8) is 0 Å². The van der Waals surface area contributed by atoms with Crippen molar-refractivity contribution in [3.05, 3.63) is 42.7 Å². The van der Waals surface area contributed by atoms with E-state index in [9.17, 15) is 8.42 Å². The summed E-state index contributed by atoms with van der Waals surface area (Å²) in [6, 6.07) is 8.61. The highest BCUT2D eigenvalue weighted by atomic mass is 32.2. The van der Waals surface area contributed by atoms with Crippen LogP contribution in [0.3, 0.4) is 0 Å². The van der Waals surface area contributed by atoms with Gasteiger partial charge in [0.2, 0.25) is 0 Å². The van der Waals surface area contributed by atoms with Crippen molar-refractivity contribution in [2.75, 3.05) is 25.3 Å². The molecule has 0 fully saturated rings. The lowest BCUT2D eigenvalue weighted by Crippen LogP contribution is -2.12. The van der Waals surface area contributed by atoms with Crippen LogP contribution >= 0.6 is 0 Å². The molecule has 8 heteroatoms. The molecular weight excluding hydrogens is 328 g/mol. The summed E-state index contributed by atoms with van der Waals surface area (Å²) in [5, 5.41) is 0.703.